The van der Waals surface area contributed by atoms with Gasteiger partial charge in [-0.2, -0.15) is 5.10 Å². The van der Waals surface area contributed by atoms with Gasteiger partial charge in [0.25, 0.3) is 0 Å². The maximum atomic E-state index is 10.4. The van der Waals surface area contributed by atoms with E-state index in [4.69, 9.17) is 5.73 Å². The number of amides is 1. The maximum absolute atomic E-state index is 10.4. The molecule has 3 N–H and O–H groups in total. The first kappa shape index (κ1) is 9.73. The highest BCUT2D eigenvalue weighted by Crippen LogP contribution is 1.89. The zero-order valence-electron chi connectivity index (χ0n) is 7.60. The van der Waals surface area contributed by atoms with E-state index < -0.39 is 0 Å². The third kappa shape index (κ3) is 3.71. The molecule has 0 saturated heterocycles. The van der Waals surface area contributed by atoms with Crippen LogP contribution in [0.1, 0.15) is 6.92 Å². The Morgan fingerprint density at radius 1 is 1.77 bits per heavy atom. The smallest absolute Gasteiger partial charge is 0.231 e. The second-order valence-electron chi connectivity index (χ2n) is 2.98. The lowest BCUT2D eigenvalue weighted by Gasteiger charge is -2.11. The van der Waals surface area contributed by atoms with E-state index in [0.29, 0.717) is 0 Å². The highest BCUT2D eigenvalue weighted by molar-refractivity contribution is 5.75. The predicted molar refractivity (Wildman–Crippen MR) is 48.9 cm³/mol. The van der Waals surface area contributed by atoms with Crippen LogP contribution in [0.15, 0.2) is 18.5 Å². The number of aromatic nitrogens is 2. The number of rotatable bonds is 5. The molecule has 1 amide bonds. The number of hydrogen-bond donors (Lipinski definition) is 2. The zero-order chi connectivity index (χ0) is 9.68. The van der Waals surface area contributed by atoms with Crippen LogP contribution in [0.25, 0.3) is 0 Å². The van der Waals surface area contributed by atoms with Crippen molar-refractivity contribution in [2.75, 3.05) is 6.54 Å². The van der Waals surface area contributed by atoms with E-state index in [1.54, 1.807) is 10.9 Å². The van der Waals surface area contributed by atoms with Gasteiger partial charge in [0.1, 0.15) is 0 Å². The summed E-state index contributed by atoms with van der Waals surface area (Å²) in [4.78, 5) is 10.4. The molecule has 0 aromatic carbocycles. The first-order valence-electron chi connectivity index (χ1n) is 4.17. The van der Waals surface area contributed by atoms with Crippen LogP contribution in [0.5, 0.6) is 0 Å². The molecule has 0 saturated carbocycles. The van der Waals surface area contributed by atoms with E-state index in [-0.39, 0.29) is 18.5 Å². The number of hydrogen-bond acceptors (Lipinski definition) is 3. The Labute approximate surface area is 76.9 Å². The Kier molecular flexibility index (Phi) is 3.45. The van der Waals surface area contributed by atoms with Crippen molar-refractivity contribution in [2.45, 2.75) is 19.5 Å². The fourth-order valence-corrected chi connectivity index (χ4v) is 1.03. The first-order valence-corrected chi connectivity index (χ1v) is 4.17. The van der Waals surface area contributed by atoms with Gasteiger partial charge in [0, 0.05) is 18.4 Å². The number of carbonyl (C=O) groups excluding carboxylic acids is 1. The summed E-state index contributed by atoms with van der Waals surface area (Å²) in [7, 11) is 0. The van der Waals surface area contributed by atoms with Crippen LogP contribution in [0.3, 0.4) is 0 Å². The van der Waals surface area contributed by atoms with E-state index in [9.17, 15) is 4.79 Å². The molecule has 0 aliphatic carbocycles. The number of nitrogens with two attached hydrogens (primary N) is 1. The molecule has 1 aromatic rings. The minimum atomic E-state index is -0.340. The normalized spacial score (nSPS) is 12.7. The van der Waals surface area contributed by atoms with Crippen LogP contribution >= 0.6 is 0 Å². The highest BCUT2D eigenvalue weighted by atomic mass is 16.1. The topological polar surface area (TPSA) is 72.9 Å². The molecule has 1 unspecified atom stereocenters. The largest absolute Gasteiger partial charge is 0.369 e. The molecule has 0 fully saturated rings. The molecule has 0 radical (unpaired) electrons. The number of nitrogens with one attached hydrogen (secondary N) is 1. The van der Waals surface area contributed by atoms with Crippen LogP contribution in [-0.2, 0) is 11.3 Å². The van der Waals surface area contributed by atoms with Gasteiger partial charge in [0.2, 0.25) is 5.91 Å². The van der Waals surface area contributed by atoms with Gasteiger partial charge < -0.3 is 11.1 Å². The summed E-state index contributed by atoms with van der Waals surface area (Å²) in [5, 5.41) is 7.03. The Balaban J connectivity index is 2.25. The summed E-state index contributed by atoms with van der Waals surface area (Å²) < 4.78 is 1.80. The first-order chi connectivity index (χ1) is 6.18. The molecule has 0 aliphatic rings. The lowest BCUT2D eigenvalue weighted by Crippen LogP contribution is -2.37. The second kappa shape index (κ2) is 4.61. The lowest BCUT2D eigenvalue weighted by atomic mass is 10.3. The molecule has 1 atom stereocenters. The molecule has 1 rings (SSSR count). The van der Waals surface area contributed by atoms with Crippen molar-refractivity contribution in [3.63, 3.8) is 0 Å². The second-order valence-corrected chi connectivity index (χ2v) is 2.98. The van der Waals surface area contributed by atoms with Gasteiger partial charge in [0.05, 0.1) is 13.1 Å². The quantitative estimate of drug-likeness (QED) is 0.635. The lowest BCUT2D eigenvalue weighted by molar-refractivity contribution is -0.117. The summed E-state index contributed by atoms with van der Waals surface area (Å²) in [6, 6.07) is 2.05. The Hall–Kier alpha value is -1.36. The molecule has 5 heteroatoms. The van der Waals surface area contributed by atoms with Crippen molar-refractivity contribution >= 4 is 5.91 Å². The van der Waals surface area contributed by atoms with E-state index >= 15 is 0 Å². The SMILES string of the molecule is CC(Cn1cccn1)NCC(N)=O. The molecule has 5 nitrogen and oxygen atoms in total. The average Bonchev–Trinajstić information content (AvgIpc) is 2.53. The highest BCUT2D eigenvalue weighted by Gasteiger charge is 2.03. The van der Waals surface area contributed by atoms with Gasteiger partial charge in [-0.05, 0) is 13.0 Å². The van der Waals surface area contributed by atoms with E-state index in [1.165, 1.54) is 0 Å². The fourth-order valence-electron chi connectivity index (χ4n) is 1.03. The van der Waals surface area contributed by atoms with Gasteiger partial charge >= 0.3 is 0 Å². The molecular weight excluding hydrogens is 168 g/mol. The molecule has 0 aliphatic heterocycles. The van der Waals surface area contributed by atoms with Gasteiger partial charge in [-0.25, -0.2) is 0 Å². The summed E-state index contributed by atoms with van der Waals surface area (Å²) in [6.45, 7) is 2.92. The van der Waals surface area contributed by atoms with E-state index in [2.05, 4.69) is 10.4 Å². The number of carbonyl (C=O) groups is 1. The van der Waals surface area contributed by atoms with Crippen molar-refractivity contribution < 1.29 is 4.79 Å². The summed E-state index contributed by atoms with van der Waals surface area (Å²) in [5.41, 5.74) is 4.99. The average molecular weight is 182 g/mol. The zero-order valence-corrected chi connectivity index (χ0v) is 7.60. The van der Waals surface area contributed by atoms with Crippen molar-refractivity contribution in [2.24, 2.45) is 5.73 Å². The number of nitrogens with zero attached hydrogens (tertiary/aromatic N) is 2. The van der Waals surface area contributed by atoms with Crippen LogP contribution in [-0.4, -0.2) is 28.3 Å². The minimum absolute atomic E-state index is 0.187. The molecule has 0 spiro atoms. The Bertz CT molecular complexity index is 257. The molecule has 1 heterocycles. The summed E-state index contributed by atoms with van der Waals surface area (Å²) in [6.07, 6.45) is 3.60. The van der Waals surface area contributed by atoms with Crippen LogP contribution in [0.2, 0.25) is 0 Å². The van der Waals surface area contributed by atoms with Crippen molar-refractivity contribution in [1.82, 2.24) is 15.1 Å². The molecular formula is C8H14N4O. The number of primary amides is 1. The third-order valence-corrected chi connectivity index (χ3v) is 1.64. The van der Waals surface area contributed by atoms with Crippen molar-refractivity contribution in [1.29, 1.82) is 0 Å². The van der Waals surface area contributed by atoms with Gasteiger partial charge in [-0.3, -0.25) is 9.48 Å². The third-order valence-electron chi connectivity index (χ3n) is 1.64. The van der Waals surface area contributed by atoms with Crippen LogP contribution in [0.4, 0.5) is 0 Å². The van der Waals surface area contributed by atoms with E-state index in [1.807, 2.05) is 19.2 Å². The monoisotopic (exact) mass is 182 g/mol. The molecule has 0 bridgehead atoms. The van der Waals surface area contributed by atoms with Crippen LogP contribution < -0.4 is 11.1 Å². The Morgan fingerprint density at radius 3 is 3.08 bits per heavy atom. The molecule has 13 heavy (non-hydrogen) atoms. The minimum Gasteiger partial charge on any atom is -0.369 e. The summed E-state index contributed by atoms with van der Waals surface area (Å²) >= 11 is 0. The summed E-state index contributed by atoms with van der Waals surface area (Å²) in [5.74, 6) is -0.340. The van der Waals surface area contributed by atoms with Crippen molar-refractivity contribution in [3.8, 4) is 0 Å². The van der Waals surface area contributed by atoms with Crippen LogP contribution in [0, 0.1) is 0 Å². The van der Waals surface area contributed by atoms with Gasteiger partial charge in [-0.1, -0.05) is 0 Å². The predicted octanol–water partition coefficient (Wildman–Crippen LogP) is -0.653. The van der Waals surface area contributed by atoms with Gasteiger partial charge in [0.15, 0.2) is 0 Å². The van der Waals surface area contributed by atoms with E-state index in [0.717, 1.165) is 6.54 Å². The Morgan fingerprint density at radius 2 is 2.54 bits per heavy atom. The molecule has 1 aromatic heterocycles. The standard InChI is InChI=1S/C8H14N4O/c1-7(10-5-8(9)13)6-12-4-2-3-11-12/h2-4,7,10H,5-6H2,1H3,(H2,9,13). The fraction of sp³-hybridized carbons (Fsp3) is 0.500. The van der Waals surface area contributed by atoms with Crippen molar-refractivity contribution in [3.05, 3.63) is 18.5 Å². The molecule has 72 valence electrons. The van der Waals surface area contributed by atoms with Gasteiger partial charge in [-0.15, -0.1) is 0 Å². The maximum Gasteiger partial charge on any atom is 0.231 e.